The van der Waals surface area contributed by atoms with Crippen molar-refractivity contribution in [1.82, 2.24) is 25.2 Å². The van der Waals surface area contributed by atoms with Gasteiger partial charge in [-0.25, -0.2) is 0 Å². The maximum atomic E-state index is 4.91. The molecule has 18 heavy (non-hydrogen) atoms. The van der Waals surface area contributed by atoms with Crippen molar-refractivity contribution in [1.29, 1.82) is 0 Å². The van der Waals surface area contributed by atoms with Crippen LogP contribution in [0.2, 0.25) is 0 Å². The third-order valence-electron chi connectivity index (χ3n) is 2.79. The zero-order chi connectivity index (χ0) is 13.0. The van der Waals surface area contributed by atoms with E-state index in [4.69, 9.17) is 4.52 Å². The molecule has 2 aromatic rings. The Labute approximate surface area is 106 Å². The van der Waals surface area contributed by atoms with E-state index in [1.54, 1.807) is 6.92 Å². The smallest absolute Gasteiger partial charge is 0.223 e. The van der Waals surface area contributed by atoms with E-state index < -0.39 is 0 Å². The van der Waals surface area contributed by atoms with Gasteiger partial charge in [0.05, 0.1) is 11.4 Å². The van der Waals surface area contributed by atoms with Crippen LogP contribution in [0, 0.1) is 6.92 Å². The summed E-state index contributed by atoms with van der Waals surface area (Å²) < 4.78 is 6.83. The maximum absolute atomic E-state index is 4.91. The summed E-state index contributed by atoms with van der Waals surface area (Å²) >= 11 is 0. The molecule has 0 aliphatic heterocycles. The fraction of sp³-hybridized carbons (Fsp3) is 0.583. The fourth-order valence-corrected chi connectivity index (χ4v) is 1.77. The number of aromatic nitrogens is 4. The molecule has 2 heterocycles. The van der Waals surface area contributed by atoms with Gasteiger partial charge >= 0.3 is 0 Å². The van der Waals surface area contributed by atoms with Gasteiger partial charge in [0.25, 0.3) is 0 Å². The van der Waals surface area contributed by atoms with Crippen molar-refractivity contribution in [2.75, 3.05) is 6.54 Å². The van der Waals surface area contributed by atoms with Gasteiger partial charge in [-0.2, -0.15) is 10.1 Å². The SMILES string of the molecule is CCc1cc(CNCCc2noc(C)n2)n(C)n1. The lowest BCUT2D eigenvalue weighted by Crippen LogP contribution is -2.19. The van der Waals surface area contributed by atoms with Crippen LogP contribution in [0.1, 0.15) is 30.0 Å². The molecule has 0 atom stereocenters. The van der Waals surface area contributed by atoms with Gasteiger partial charge in [-0.05, 0) is 12.5 Å². The highest BCUT2D eigenvalue weighted by Crippen LogP contribution is 2.03. The predicted octanol–water partition coefficient (Wildman–Crippen LogP) is 1.01. The molecule has 2 rings (SSSR count). The second-order valence-electron chi connectivity index (χ2n) is 4.26. The number of nitrogens with zero attached hydrogens (tertiary/aromatic N) is 4. The summed E-state index contributed by atoms with van der Waals surface area (Å²) in [6.07, 6.45) is 1.74. The first-order valence-electron chi connectivity index (χ1n) is 6.20. The third-order valence-corrected chi connectivity index (χ3v) is 2.79. The zero-order valence-corrected chi connectivity index (χ0v) is 11.1. The van der Waals surface area contributed by atoms with E-state index in [9.17, 15) is 0 Å². The van der Waals surface area contributed by atoms with Gasteiger partial charge in [-0.3, -0.25) is 4.68 Å². The quantitative estimate of drug-likeness (QED) is 0.774. The molecule has 0 aliphatic carbocycles. The van der Waals surface area contributed by atoms with Gasteiger partial charge in [0, 0.05) is 33.5 Å². The number of aryl methyl sites for hydroxylation is 3. The Balaban J connectivity index is 1.76. The van der Waals surface area contributed by atoms with Gasteiger partial charge in [0.2, 0.25) is 5.89 Å². The van der Waals surface area contributed by atoms with Crippen LogP contribution in [0.3, 0.4) is 0 Å². The maximum Gasteiger partial charge on any atom is 0.223 e. The average molecular weight is 249 g/mol. The Hall–Kier alpha value is -1.69. The molecular weight excluding hydrogens is 230 g/mol. The highest BCUT2D eigenvalue weighted by Gasteiger charge is 2.04. The Morgan fingerprint density at radius 2 is 2.28 bits per heavy atom. The minimum atomic E-state index is 0.615. The summed E-state index contributed by atoms with van der Waals surface area (Å²) in [6, 6.07) is 2.13. The lowest BCUT2D eigenvalue weighted by molar-refractivity contribution is 0.387. The molecule has 0 saturated heterocycles. The fourth-order valence-electron chi connectivity index (χ4n) is 1.77. The summed E-state index contributed by atoms with van der Waals surface area (Å²) in [5.41, 5.74) is 2.32. The van der Waals surface area contributed by atoms with E-state index in [1.165, 1.54) is 5.69 Å². The number of nitrogens with one attached hydrogen (secondary N) is 1. The molecule has 0 amide bonds. The molecule has 0 unspecified atom stereocenters. The second-order valence-corrected chi connectivity index (χ2v) is 4.26. The molecular formula is C12H19N5O. The van der Waals surface area contributed by atoms with E-state index >= 15 is 0 Å². The molecule has 0 bridgehead atoms. The zero-order valence-electron chi connectivity index (χ0n) is 11.1. The van der Waals surface area contributed by atoms with Crippen molar-refractivity contribution >= 4 is 0 Å². The number of hydrogen-bond donors (Lipinski definition) is 1. The lowest BCUT2D eigenvalue weighted by atomic mass is 10.3. The van der Waals surface area contributed by atoms with Crippen molar-refractivity contribution in [3.8, 4) is 0 Å². The Kier molecular flexibility index (Phi) is 4.09. The molecule has 0 aromatic carbocycles. The van der Waals surface area contributed by atoms with Crippen molar-refractivity contribution in [2.24, 2.45) is 7.05 Å². The summed E-state index contributed by atoms with van der Waals surface area (Å²) in [5, 5.41) is 11.6. The Bertz CT molecular complexity index is 502. The van der Waals surface area contributed by atoms with E-state index in [-0.39, 0.29) is 0 Å². The van der Waals surface area contributed by atoms with E-state index in [1.807, 2.05) is 11.7 Å². The minimum absolute atomic E-state index is 0.615. The first-order chi connectivity index (χ1) is 8.69. The van der Waals surface area contributed by atoms with E-state index in [0.717, 1.165) is 37.4 Å². The summed E-state index contributed by atoms with van der Waals surface area (Å²) in [5.74, 6) is 1.36. The normalized spacial score (nSPS) is 11.1. The van der Waals surface area contributed by atoms with Crippen molar-refractivity contribution in [3.05, 3.63) is 29.2 Å². The van der Waals surface area contributed by atoms with Crippen LogP contribution in [-0.2, 0) is 26.4 Å². The Morgan fingerprint density at radius 3 is 2.89 bits per heavy atom. The van der Waals surface area contributed by atoms with Gasteiger partial charge in [-0.15, -0.1) is 0 Å². The molecule has 0 fully saturated rings. The van der Waals surface area contributed by atoms with Crippen molar-refractivity contribution in [2.45, 2.75) is 33.2 Å². The van der Waals surface area contributed by atoms with Gasteiger partial charge in [0.1, 0.15) is 0 Å². The van der Waals surface area contributed by atoms with Crippen LogP contribution in [0.15, 0.2) is 10.6 Å². The Morgan fingerprint density at radius 1 is 1.44 bits per heavy atom. The molecule has 98 valence electrons. The molecule has 0 aliphatic rings. The largest absolute Gasteiger partial charge is 0.340 e. The number of hydrogen-bond acceptors (Lipinski definition) is 5. The highest BCUT2D eigenvalue weighted by atomic mass is 16.5. The summed E-state index contributed by atoms with van der Waals surface area (Å²) in [7, 11) is 1.97. The van der Waals surface area contributed by atoms with Crippen LogP contribution in [0.25, 0.3) is 0 Å². The van der Waals surface area contributed by atoms with Crippen LogP contribution < -0.4 is 5.32 Å². The summed E-state index contributed by atoms with van der Waals surface area (Å²) in [4.78, 5) is 4.15. The monoisotopic (exact) mass is 249 g/mol. The first-order valence-corrected chi connectivity index (χ1v) is 6.20. The van der Waals surface area contributed by atoms with Crippen molar-refractivity contribution < 1.29 is 4.52 Å². The average Bonchev–Trinajstić information content (AvgIpc) is 2.91. The molecule has 6 heteroatoms. The van der Waals surface area contributed by atoms with Crippen LogP contribution in [0.4, 0.5) is 0 Å². The van der Waals surface area contributed by atoms with Crippen LogP contribution in [0.5, 0.6) is 0 Å². The summed E-state index contributed by atoms with van der Waals surface area (Å²) in [6.45, 7) is 5.54. The third kappa shape index (κ3) is 3.16. The van der Waals surface area contributed by atoms with Gasteiger partial charge in [-0.1, -0.05) is 12.1 Å². The van der Waals surface area contributed by atoms with Crippen molar-refractivity contribution in [3.63, 3.8) is 0 Å². The molecule has 2 aromatic heterocycles. The highest BCUT2D eigenvalue weighted by molar-refractivity contribution is 5.09. The first kappa shape index (κ1) is 12.8. The molecule has 0 spiro atoms. The van der Waals surface area contributed by atoms with E-state index in [0.29, 0.717) is 5.89 Å². The second kappa shape index (κ2) is 5.77. The predicted molar refractivity (Wildman–Crippen MR) is 67.0 cm³/mol. The van der Waals surface area contributed by atoms with Crippen LogP contribution >= 0.6 is 0 Å². The topological polar surface area (TPSA) is 68.8 Å². The molecule has 0 radical (unpaired) electrons. The minimum Gasteiger partial charge on any atom is -0.340 e. The van der Waals surface area contributed by atoms with Crippen LogP contribution in [-0.4, -0.2) is 26.5 Å². The molecule has 6 nitrogen and oxygen atoms in total. The van der Waals surface area contributed by atoms with Gasteiger partial charge in [0.15, 0.2) is 5.82 Å². The lowest BCUT2D eigenvalue weighted by Gasteiger charge is -2.02. The number of rotatable bonds is 6. The molecule has 1 N–H and O–H groups in total. The standard InChI is InChI=1S/C12H19N5O/c1-4-10-7-11(17(3)15-10)8-13-6-5-12-14-9(2)18-16-12/h7,13H,4-6,8H2,1-3H3. The van der Waals surface area contributed by atoms with E-state index in [2.05, 4.69) is 33.5 Å². The molecule has 0 saturated carbocycles. The van der Waals surface area contributed by atoms with Gasteiger partial charge < -0.3 is 9.84 Å².